The summed E-state index contributed by atoms with van der Waals surface area (Å²) in [6.07, 6.45) is 2.67. The maximum atomic E-state index is 13.2. The van der Waals surface area contributed by atoms with Crippen LogP contribution in [0, 0.1) is 24.2 Å². The number of thiocarbonyl (C=S) groups is 1. The Labute approximate surface area is 205 Å². The van der Waals surface area contributed by atoms with Gasteiger partial charge < -0.3 is 9.64 Å². The highest BCUT2D eigenvalue weighted by atomic mass is 32.2. The van der Waals surface area contributed by atoms with Gasteiger partial charge >= 0.3 is 0 Å². The summed E-state index contributed by atoms with van der Waals surface area (Å²) in [6.45, 7) is 14.2. The fraction of sp³-hybridized carbons (Fsp3) is 0.583. The van der Waals surface area contributed by atoms with Crippen molar-refractivity contribution in [2.45, 2.75) is 66.7 Å². The number of carbonyl (C=O) groups is 1. The van der Waals surface area contributed by atoms with Gasteiger partial charge in [-0.2, -0.15) is 5.26 Å². The normalized spacial score (nSPS) is 22.5. The van der Waals surface area contributed by atoms with Crippen LogP contribution >= 0.6 is 24.0 Å². The average Bonchev–Trinajstić information content (AvgIpc) is 3.00. The third-order valence-electron chi connectivity index (χ3n) is 5.96. The molecule has 0 aromatic carbocycles. The van der Waals surface area contributed by atoms with Crippen LogP contribution in [0.3, 0.4) is 0 Å². The lowest BCUT2D eigenvalue weighted by Gasteiger charge is -2.39. The maximum Gasteiger partial charge on any atom is 0.270 e. The minimum absolute atomic E-state index is 0.00722. The summed E-state index contributed by atoms with van der Waals surface area (Å²) in [6, 6.07) is 2.08. The van der Waals surface area contributed by atoms with E-state index < -0.39 is 0 Å². The lowest BCUT2D eigenvalue weighted by Crippen LogP contribution is -2.48. The third kappa shape index (κ3) is 5.18. The van der Waals surface area contributed by atoms with E-state index in [4.69, 9.17) is 17.0 Å². The molecule has 9 heteroatoms. The molecular weight excluding hydrogens is 456 g/mol. The molecule has 1 aromatic rings. The summed E-state index contributed by atoms with van der Waals surface area (Å²) >= 11 is 6.78. The second-order valence-electron chi connectivity index (χ2n) is 9.08. The Hall–Kier alpha value is -2.15. The summed E-state index contributed by atoms with van der Waals surface area (Å²) in [5.41, 5.74) is 1.11. The van der Waals surface area contributed by atoms with Crippen molar-refractivity contribution in [1.82, 2.24) is 9.47 Å². The highest BCUT2D eigenvalue weighted by molar-refractivity contribution is 8.26. The number of aromatic nitrogens is 1. The molecule has 7 nitrogen and oxygen atoms in total. The highest BCUT2D eigenvalue weighted by Gasteiger charge is 2.34. The molecule has 2 aliphatic rings. The highest BCUT2D eigenvalue weighted by Crippen LogP contribution is 2.36. The van der Waals surface area contributed by atoms with Crippen LogP contribution in [0.25, 0.3) is 6.08 Å². The van der Waals surface area contributed by atoms with Gasteiger partial charge in [-0.15, -0.1) is 0 Å². The zero-order chi connectivity index (χ0) is 24.4. The smallest absolute Gasteiger partial charge is 0.270 e. The van der Waals surface area contributed by atoms with Crippen LogP contribution in [-0.4, -0.2) is 51.5 Å². The largest absolute Gasteiger partial charge is 0.372 e. The minimum Gasteiger partial charge on any atom is -0.372 e. The van der Waals surface area contributed by atoms with Gasteiger partial charge in [-0.05, 0) is 51.7 Å². The molecule has 0 aliphatic carbocycles. The van der Waals surface area contributed by atoms with Crippen LogP contribution in [0.15, 0.2) is 9.70 Å². The Morgan fingerprint density at radius 1 is 1.27 bits per heavy atom. The summed E-state index contributed by atoms with van der Waals surface area (Å²) in [4.78, 5) is 30.7. The predicted molar refractivity (Wildman–Crippen MR) is 137 cm³/mol. The van der Waals surface area contributed by atoms with Crippen LogP contribution in [0.1, 0.15) is 57.7 Å². The lowest BCUT2D eigenvalue weighted by molar-refractivity contribution is -0.122. The van der Waals surface area contributed by atoms with Crippen LogP contribution in [0.4, 0.5) is 5.82 Å². The molecule has 0 saturated carbocycles. The number of pyridine rings is 1. The van der Waals surface area contributed by atoms with Crippen LogP contribution in [0.2, 0.25) is 0 Å². The summed E-state index contributed by atoms with van der Waals surface area (Å²) in [5, 5.41) is 9.73. The van der Waals surface area contributed by atoms with Gasteiger partial charge in [-0.3, -0.25) is 19.1 Å². The molecular formula is C24H32N4O3S2. The number of amides is 1. The molecule has 2 unspecified atom stereocenters. The predicted octanol–water partition coefficient (Wildman–Crippen LogP) is 3.91. The molecule has 178 valence electrons. The van der Waals surface area contributed by atoms with Gasteiger partial charge in [0.15, 0.2) is 0 Å². The van der Waals surface area contributed by atoms with Gasteiger partial charge in [0, 0.05) is 31.7 Å². The zero-order valence-corrected chi connectivity index (χ0v) is 21.8. The number of anilines is 1. The topological polar surface area (TPSA) is 78.6 Å². The number of nitrogens with zero attached hydrogens (tertiary/aromatic N) is 4. The van der Waals surface area contributed by atoms with Crippen molar-refractivity contribution in [3.63, 3.8) is 0 Å². The molecule has 0 N–H and O–H groups in total. The van der Waals surface area contributed by atoms with Gasteiger partial charge in [0.25, 0.3) is 11.5 Å². The quantitative estimate of drug-likeness (QED) is 0.444. The Morgan fingerprint density at radius 3 is 2.45 bits per heavy atom. The van der Waals surface area contributed by atoms with Gasteiger partial charge in [-0.1, -0.05) is 37.8 Å². The van der Waals surface area contributed by atoms with E-state index in [9.17, 15) is 14.9 Å². The molecule has 2 atom stereocenters. The number of hydrogen-bond donors (Lipinski definition) is 0. The van der Waals surface area contributed by atoms with E-state index in [2.05, 4.69) is 24.8 Å². The number of ether oxygens (including phenoxy) is 1. The van der Waals surface area contributed by atoms with Crippen molar-refractivity contribution in [3.8, 4) is 6.07 Å². The zero-order valence-electron chi connectivity index (χ0n) is 20.2. The van der Waals surface area contributed by atoms with E-state index >= 15 is 0 Å². The van der Waals surface area contributed by atoms with Gasteiger partial charge in [0.1, 0.15) is 21.8 Å². The number of morpholine rings is 1. The van der Waals surface area contributed by atoms with Crippen molar-refractivity contribution in [1.29, 1.82) is 5.26 Å². The van der Waals surface area contributed by atoms with E-state index in [1.165, 1.54) is 11.8 Å². The third-order valence-corrected chi connectivity index (χ3v) is 7.34. The van der Waals surface area contributed by atoms with Gasteiger partial charge in [0.2, 0.25) is 0 Å². The number of thioether (sulfide) groups is 1. The van der Waals surface area contributed by atoms with Crippen molar-refractivity contribution >= 4 is 46.1 Å². The molecule has 2 saturated heterocycles. The molecule has 2 fully saturated rings. The first-order chi connectivity index (χ1) is 15.6. The Bertz CT molecular complexity index is 1080. The summed E-state index contributed by atoms with van der Waals surface area (Å²) in [7, 11) is 0. The van der Waals surface area contributed by atoms with Crippen molar-refractivity contribution < 1.29 is 9.53 Å². The molecule has 3 rings (SSSR count). The monoisotopic (exact) mass is 488 g/mol. The van der Waals surface area contributed by atoms with E-state index in [-0.39, 0.29) is 29.2 Å². The molecule has 33 heavy (non-hydrogen) atoms. The molecule has 0 radical (unpaired) electrons. The van der Waals surface area contributed by atoms with Gasteiger partial charge in [0.05, 0.1) is 17.1 Å². The first-order valence-electron chi connectivity index (χ1n) is 11.4. The first-order valence-corrected chi connectivity index (χ1v) is 12.6. The molecule has 1 amide bonds. The standard InChI is InChI=1S/C24H32N4O3S2/c1-7-27-21(26-12-15(4)31-16(5)13-26)18(17(6)19(11-25)22(27)29)10-20-23(30)28(24(32)33-20)9-8-14(2)3/h10,14-16H,7-9,12-13H2,1-6H3/b20-10-. The van der Waals surface area contributed by atoms with E-state index in [0.717, 1.165) is 17.8 Å². The summed E-state index contributed by atoms with van der Waals surface area (Å²) in [5.74, 6) is 1.07. The number of hydrogen-bond acceptors (Lipinski definition) is 7. The second kappa shape index (κ2) is 10.4. The van der Waals surface area contributed by atoms with E-state index in [0.29, 0.717) is 46.9 Å². The SMILES string of the molecule is CCn1c(N2CC(C)OC(C)C2)c(/C=C2\SC(=S)N(CCC(C)C)C2=O)c(C)c(C#N)c1=O. The van der Waals surface area contributed by atoms with Gasteiger partial charge in [-0.25, -0.2) is 0 Å². The van der Waals surface area contributed by atoms with Crippen LogP contribution in [0.5, 0.6) is 0 Å². The number of carbonyl (C=O) groups excluding carboxylic acids is 1. The van der Waals surface area contributed by atoms with Crippen LogP contribution in [-0.2, 0) is 16.1 Å². The molecule has 0 bridgehead atoms. The summed E-state index contributed by atoms with van der Waals surface area (Å²) < 4.78 is 8.09. The molecule has 1 aromatic heterocycles. The Morgan fingerprint density at radius 2 is 1.91 bits per heavy atom. The lowest BCUT2D eigenvalue weighted by atomic mass is 10.0. The molecule has 0 spiro atoms. The Balaban J connectivity index is 2.17. The first kappa shape index (κ1) is 25.5. The Kier molecular flexibility index (Phi) is 8.04. The molecule has 3 heterocycles. The number of rotatable bonds is 6. The number of nitriles is 1. The van der Waals surface area contributed by atoms with Crippen LogP contribution < -0.4 is 10.5 Å². The van der Waals surface area contributed by atoms with E-state index in [1.54, 1.807) is 16.4 Å². The minimum atomic E-state index is -0.305. The average molecular weight is 489 g/mol. The fourth-order valence-corrected chi connectivity index (χ4v) is 5.63. The maximum absolute atomic E-state index is 13.2. The van der Waals surface area contributed by atoms with E-state index in [1.807, 2.05) is 26.8 Å². The fourth-order valence-electron chi connectivity index (χ4n) is 4.34. The van der Waals surface area contributed by atoms with Crippen molar-refractivity contribution in [2.24, 2.45) is 5.92 Å². The molecule has 2 aliphatic heterocycles. The van der Waals surface area contributed by atoms with Crippen molar-refractivity contribution in [3.05, 3.63) is 31.9 Å². The van der Waals surface area contributed by atoms with Crippen molar-refractivity contribution in [2.75, 3.05) is 24.5 Å². The second-order valence-corrected chi connectivity index (χ2v) is 10.8.